The molecule has 1 aromatic rings. The zero-order valence-electron chi connectivity index (χ0n) is 16.3. The molecule has 26 heavy (non-hydrogen) atoms. The number of aliphatic hydroxyl groups is 1. The number of thiol groups is 1. The molecule has 5 nitrogen and oxygen atoms in total. The highest BCUT2D eigenvalue weighted by atomic mass is 32.1. The van der Waals surface area contributed by atoms with Gasteiger partial charge in [-0.15, -0.1) is 12.6 Å². The molecule has 1 fully saturated rings. The van der Waals surface area contributed by atoms with Crippen molar-refractivity contribution < 1.29 is 11.3 Å². The van der Waals surface area contributed by atoms with Crippen LogP contribution in [-0.4, -0.2) is 34.4 Å². The van der Waals surface area contributed by atoms with E-state index in [-0.39, 0.29) is 19.1 Å². The van der Waals surface area contributed by atoms with Gasteiger partial charge in [-0.25, -0.2) is 0 Å². The fraction of sp³-hybridized carbons (Fsp3) is 0.650. The van der Waals surface area contributed by atoms with E-state index in [0.717, 1.165) is 49.8 Å². The van der Waals surface area contributed by atoms with Gasteiger partial charge in [-0.2, -0.15) is 0 Å². The zero-order chi connectivity index (χ0) is 19.5. The van der Waals surface area contributed by atoms with E-state index in [9.17, 15) is 4.79 Å². The number of aliphatic hydroxyl groups excluding tert-OH is 1. The van der Waals surface area contributed by atoms with Crippen LogP contribution in [0, 0.1) is 19.3 Å². The van der Waals surface area contributed by atoms with E-state index < -0.39 is 0 Å². The molecule has 0 unspecified atom stereocenters. The highest BCUT2D eigenvalue weighted by Crippen LogP contribution is 2.20. The van der Waals surface area contributed by atoms with Crippen LogP contribution in [0.2, 0.25) is 0 Å². The van der Waals surface area contributed by atoms with Crippen LogP contribution >= 0.6 is 12.6 Å². The molecule has 1 amide bonds. The molecule has 6 heteroatoms. The molecular weight excluding hydrogens is 346 g/mol. The Morgan fingerprint density at radius 3 is 2.54 bits per heavy atom. The topological polar surface area (TPSA) is 86.1 Å². The van der Waals surface area contributed by atoms with Gasteiger partial charge < -0.3 is 10.4 Å². The number of unbranched alkanes of at least 4 members (excludes halogenated alkanes) is 2. The Kier molecular flexibility index (Phi) is 10.5. The summed E-state index contributed by atoms with van der Waals surface area (Å²) >= 11 is 4.38. The van der Waals surface area contributed by atoms with Crippen molar-refractivity contribution in [2.24, 2.45) is 0 Å². The second kappa shape index (κ2) is 12.1. The number of aryl methyl sites for hydroxylation is 2. The summed E-state index contributed by atoms with van der Waals surface area (Å²) in [6.45, 7) is 6.24. The maximum atomic E-state index is 12.2. The molecule has 0 spiro atoms. The predicted molar refractivity (Wildman–Crippen MR) is 112 cm³/mol. The number of pyridine rings is 1. The Morgan fingerprint density at radius 1 is 1.35 bits per heavy atom. The van der Waals surface area contributed by atoms with E-state index in [2.05, 4.69) is 29.9 Å². The van der Waals surface area contributed by atoms with Gasteiger partial charge in [0.25, 0.3) is 5.91 Å². The Hall–Kier alpha value is -1.40. The third kappa shape index (κ3) is 7.46. The molecule has 0 radical (unpaired) electrons. The fourth-order valence-electron chi connectivity index (χ4n) is 2.98. The van der Waals surface area contributed by atoms with Crippen molar-refractivity contribution in [2.75, 3.05) is 6.61 Å². The lowest BCUT2D eigenvalue weighted by Gasteiger charge is -2.23. The Balaban J connectivity index is 0.000000842. The van der Waals surface area contributed by atoms with E-state index in [1.54, 1.807) is 0 Å². The number of carbonyl (C=O) groups excluding carboxylic acids is 1. The second-order valence-corrected chi connectivity index (χ2v) is 7.34. The van der Waals surface area contributed by atoms with Gasteiger partial charge in [-0.1, -0.05) is 39.0 Å². The van der Waals surface area contributed by atoms with E-state index >= 15 is 0 Å². The van der Waals surface area contributed by atoms with Crippen LogP contribution in [0.3, 0.4) is 0 Å². The quantitative estimate of drug-likeness (QED) is 0.338. The maximum absolute atomic E-state index is 12.2. The molecule has 0 atom stereocenters. The van der Waals surface area contributed by atoms with Crippen LogP contribution < -0.4 is 5.32 Å². The lowest BCUT2D eigenvalue weighted by Crippen LogP contribution is -2.40. The molecule has 0 saturated heterocycles. The zero-order valence-corrected chi connectivity index (χ0v) is 17.2. The standard InChI is InChI=1S/C15H21N3OS.C5H12O.H2/c1-9-8-10(2)17-13(14(9)20)12(16)15(19)18-11-6-4-3-5-7-11;1-2-3-4-5-6;/h8,11,16,20H,3-7H2,1-2H3,(H,18,19);6H,2-5H2,1H3;1H. The molecule has 0 aromatic carbocycles. The van der Waals surface area contributed by atoms with Crippen molar-refractivity contribution in [3.63, 3.8) is 0 Å². The summed E-state index contributed by atoms with van der Waals surface area (Å²) in [5.74, 6) is -0.343. The molecule has 1 aliphatic rings. The van der Waals surface area contributed by atoms with Crippen molar-refractivity contribution in [1.82, 2.24) is 10.3 Å². The third-order valence-electron chi connectivity index (χ3n) is 4.48. The van der Waals surface area contributed by atoms with E-state index in [1.165, 1.54) is 12.8 Å². The van der Waals surface area contributed by atoms with Crippen molar-refractivity contribution in [3.8, 4) is 0 Å². The lowest BCUT2D eigenvalue weighted by molar-refractivity contribution is -0.115. The predicted octanol–water partition coefficient (Wildman–Crippen LogP) is 4.22. The number of hydrogen-bond donors (Lipinski definition) is 4. The minimum absolute atomic E-state index is 0. The average molecular weight is 382 g/mol. The number of nitrogens with zero attached hydrogens (tertiary/aromatic N) is 1. The highest BCUT2D eigenvalue weighted by Gasteiger charge is 2.21. The minimum Gasteiger partial charge on any atom is -0.396 e. The highest BCUT2D eigenvalue weighted by molar-refractivity contribution is 7.80. The van der Waals surface area contributed by atoms with Crippen molar-refractivity contribution in [1.29, 1.82) is 5.41 Å². The Labute approximate surface area is 164 Å². The van der Waals surface area contributed by atoms with Gasteiger partial charge >= 0.3 is 0 Å². The molecule has 2 rings (SSSR count). The SMILES string of the molecule is CCCCCO.Cc1cc(C)c(S)c(C(=N)C(=O)NC2CCCCC2)n1.[HH]. The van der Waals surface area contributed by atoms with Crippen LogP contribution in [0.25, 0.3) is 0 Å². The van der Waals surface area contributed by atoms with Gasteiger partial charge in [0.1, 0.15) is 11.4 Å². The van der Waals surface area contributed by atoms with E-state index in [0.29, 0.717) is 17.2 Å². The van der Waals surface area contributed by atoms with E-state index in [1.807, 2.05) is 19.9 Å². The first kappa shape index (κ1) is 22.6. The summed E-state index contributed by atoms with van der Waals surface area (Å²) in [6, 6.07) is 2.10. The molecule has 1 heterocycles. The second-order valence-electron chi connectivity index (χ2n) is 6.89. The number of aromatic nitrogens is 1. The summed E-state index contributed by atoms with van der Waals surface area (Å²) in [5, 5.41) is 19.2. The van der Waals surface area contributed by atoms with Gasteiger partial charge in [-0.3, -0.25) is 15.2 Å². The molecule has 148 valence electrons. The first-order valence-electron chi connectivity index (χ1n) is 9.58. The summed E-state index contributed by atoms with van der Waals surface area (Å²) in [6.07, 6.45) is 8.88. The van der Waals surface area contributed by atoms with Crippen LogP contribution in [0.15, 0.2) is 11.0 Å². The molecule has 1 saturated carbocycles. The third-order valence-corrected chi connectivity index (χ3v) is 5.04. The van der Waals surface area contributed by atoms with Gasteiger partial charge in [0.15, 0.2) is 0 Å². The lowest BCUT2D eigenvalue weighted by atomic mass is 9.95. The molecule has 1 aliphatic carbocycles. The molecular formula is C20H35N3O2S. The van der Waals surface area contributed by atoms with Gasteiger partial charge in [-0.05, 0) is 44.7 Å². The number of amides is 1. The maximum Gasteiger partial charge on any atom is 0.271 e. The average Bonchev–Trinajstić information content (AvgIpc) is 2.63. The Bertz CT molecular complexity index is 601. The summed E-state index contributed by atoms with van der Waals surface area (Å²) in [5.41, 5.74) is 2.02. The summed E-state index contributed by atoms with van der Waals surface area (Å²) in [7, 11) is 0. The minimum atomic E-state index is -0.343. The fourth-order valence-corrected chi connectivity index (χ4v) is 3.20. The number of rotatable bonds is 6. The number of nitrogens with one attached hydrogen (secondary N) is 2. The smallest absolute Gasteiger partial charge is 0.271 e. The molecule has 1 aromatic heterocycles. The molecule has 0 bridgehead atoms. The summed E-state index contributed by atoms with van der Waals surface area (Å²) in [4.78, 5) is 17.1. The van der Waals surface area contributed by atoms with Gasteiger partial charge in [0, 0.05) is 24.7 Å². The summed E-state index contributed by atoms with van der Waals surface area (Å²) < 4.78 is 0. The number of hydrogen-bond acceptors (Lipinski definition) is 5. The van der Waals surface area contributed by atoms with Gasteiger partial charge in [0.05, 0.1) is 0 Å². The van der Waals surface area contributed by atoms with Crippen LogP contribution in [0.4, 0.5) is 0 Å². The monoisotopic (exact) mass is 381 g/mol. The van der Waals surface area contributed by atoms with Crippen molar-refractivity contribution >= 4 is 24.2 Å². The first-order valence-corrected chi connectivity index (χ1v) is 10.0. The van der Waals surface area contributed by atoms with Crippen molar-refractivity contribution in [3.05, 3.63) is 23.0 Å². The molecule has 3 N–H and O–H groups in total. The van der Waals surface area contributed by atoms with Gasteiger partial charge in [0.2, 0.25) is 0 Å². The molecule has 0 aliphatic heterocycles. The van der Waals surface area contributed by atoms with Crippen LogP contribution in [0.1, 0.15) is 76.7 Å². The first-order chi connectivity index (χ1) is 12.4. The van der Waals surface area contributed by atoms with Crippen LogP contribution in [0.5, 0.6) is 0 Å². The Morgan fingerprint density at radius 2 is 2.00 bits per heavy atom. The normalized spacial score (nSPS) is 14.3. The number of carbonyl (C=O) groups is 1. The van der Waals surface area contributed by atoms with E-state index in [4.69, 9.17) is 10.5 Å². The largest absolute Gasteiger partial charge is 0.396 e. The van der Waals surface area contributed by atoms with Crippen LogP contribution in [-0.2, 0) is 4.79 Å². The van der Waals surface area contributed by atoms with Crippen molar-refractivity contribution in [2.45, 2.75) is 83.1 Å².